The van der Waals surface area contributed by atoms with Crippen LogP contribution in [0.1, 0.15) is 38.5 Å². The van der Waals surface area contributed by atoms with Gasteiger partial charge in [-0.25, -0.2) is 10.4 Å². The molecule has 128 valence electrons. The van der Waals surface area contributed by atoms with Crippen molar-refractivity contribution in [2.24, 2.45) is 0 Å². The van der Waals surface area contributed by atoms with E-state index < -0.39 is 0 Å². The van der Waals surface area contributed by atoms with Crippen LogP contribution in [-0.4, -0.2) is 86.4 Å². The minimum absolute atomic E-state index is 0.556. The largest absolute Gasteiger partial charge is 0.380 e. The Morgan fingerprint density at radius 1 is 1.05 bits per heavy atom. The van der Waals surface area contributed by atoms with Gasteiger partial charge in [0.15, 0.2) is 0 Å². The molecule has 0 amide bonds. The zero-order valence-electron chi connectivity index (χ0n) is 14.3. The van der Waals surface area contributed by atoms with Crippen LogP contribution in [0.2, 0.25) is 0 Å². The fraction of sp³-hybridized carbons (Fsp3) is 1.00. The van der Waals surface area contributed by atoms with Crippen LogP contribution < -0.4 is 5.43 Å². The van der Waals surface area contributed by atoms with Gasteiger partial charge in [0.25, 0.3) is 0 Å². The molecule has 3 rings (SSSR count). The van der Waals surface area contributed by atoms with Gasteiger partial charge in [-0.3, -0.25) is 0 Å². The summed E-state index contributed by atoms with van der Waals surface area (Å²) in [5, 5.41) is 2.46. The molecule has 1 N–H and O–H groups in total. The Bertz CT molecular complexity index is 306. The maximum absolute atomic E-state index is 5.91. The normalized spacial score (nSPS) is 31.5. The number of hydrogen-bond donors (Lipinski definition) is 1. The van der Waals surface area contributed by atoms with Crippen molar-refractivity contribution < 1.29 is 4.74 Å². The predicted octanol–water partition coefficient (Wildman–Crippen LogP) is 1.16. The molecule has 3 saturated heterocycles. The van der Waals surface area contributed by atoms with E-state index in [1.807, 2.05) is 0 Å². The second kappa shape index (κ2) is 8.60. The summed E-state index contributed by atoms with van der Waals surface area (Å²) in [4.78, 5) is 5.01. The first kappa shape index (κ1) is 16.7. The molecule has 3 heterocycles. The zero-order chi connectivity index (χ0) is 15.2. The molecule has 5 heteroatoms. The third-order valence-electron chi connectivity index (χ3n) is 5.46. The monoisotopic (exact) mass is 310 g/mol. The molecule has 2 unspecified atom stereocenters. The molecule has 3 fully saturated rings. The Kier molecular flexibility index (Phi) is 6.51. The molecule has 0 radical (unpaired) electrons. The van der Waals surface area contributed by atoms with E-state index in [1.165, 1.54) is 77.8 Å². The van der Waals surface area contributed by atoms with Crippen LogP contribution >= 0.6 is 0 Å². The van der Waals surface area contributed by atoms with Gasteiger partial charge in [-0.15, -0.1) is 0 Å². The second-order valence-electron chi connectivity index (χ2n) is 7.33. The SMILES string of the molecule is CN1CCN(CCCCOCC2CC3CCCCN3N2)CC1. The molecule has 5 nitrogen and oxygen atoms in total. The number of nitrogens with one attached hydrogen (secondary N) is 1. The lowest BCUT2D eigenvalue weighted by molar-refractivity contribution is 0.0880. The van der Waals surface area contributed by atoms with E-state index in [-0.39, 0.29) is 0 Å². The average Bonchev–Trinajstić information content (AvgIpc) is 2.95. The number of ether oxygens (including phenoxy) is 1. The smallest absolute Gasteiger partial charge is 0.0633 e. The number of hydrogen-bond acceptors (Lipinski definition) is 5. The lowest BCUT2D eigenvalue weighted by Crippen LogP contribution is -2.44. The Morgan fingerprint density at radius 3 is 2.73 bits per heavy atom. The average molecular weight is 310 g/mol. The third-order valence-corrected chi connectivity index (χ3v) is 5.46. The number of piperidine rings is 1. The highest BCUT2D eigenvalue weighted by molar-refractivity contribution is 4.86. The van der Waals surface area contributed by atoms with Gasteiger partial charge in [0.05, 0.1) is 6.61 Å². The summed E-state index contributed by atoms with van der Waals surface area (Å²) in [6, 6.07) is 1.33. The van der Waals surface area contributed by atoms with E-state index in [2.05, 4.69) is 27.3 Å². The molecule has 0 aromatic heterocycles. The van der Waals surface area contributed by atoms with Crippen molar-refractivity contribution in [1.82, 2.24) is 20.2 Å². The van der Waals surface area contributed by atoms with Crippen LogP contribution in [0.3, 0.4) is 0 Å². The Balaban J connectivity index is 1.18. The van der Waals surface area contributed by atoms with Gasteiger partial charge < -0.3 is 14.5 Å². The van der Waals surface area contributed by atoms with E-state index in [9.17, 15) is 0 Å². The molecule has 0 spiro atoms. The van der Waals surface area contributed by atoms with Crippen LogP contribution in [0.4, 0.5) is 0 Å². The number of fused-ring (bicyclic) bond motifs is 1. The van der Waals surface area contributed by atoms with E-state index in [0.29, 0.717) is 6.04 Å². The van der Waals surface area contributed by atoms with E-state index >= 15 is 0 Å². The standard InChI is InChI=1S/C17H34N4O/c1-19-9-11-20(12-10-19)7-4-5-13-22-15-16-14-17-6-2-3-8-21(17)18-16/h16-18H,2-15H2,1H3. The summed E-state index contributed by atoms with van der Waals surface area (Å²) in [6.45, 7) is 9.21. The number of likely N-dealkylation sites (N-methyl/N-ethyl adjacent to an activating group) is 1. The zero-order valence-corrected chi connectivity index (χ0v) is 14.3. The maximum Gasteiger partial charge on any atom is 0.0633 e. The molecular formula is C17H34N4O. The van der Waals surface area contributed by atoms with Crippen molar-refractivity contribution in [2.45, 2.75) is 50.6 Å². The Hall–Kier alpha value is -0.200. The van der Waals surface area contributed by atoms with Gasteiger partial charge in [-0.05, 0) is 45.7 Å². The van der Waals surface area contributed by atoms with Crippen molar-refractivity contribution in [3.8, 4) is 0 Å². The van der Waals surface area contributed by atoms with Gasteiger partial charge in [0.2, 0.25) is 0 Å². The Morgan fingerprint density at radius 2 is 1.91 bits per heavy atom. The molecule has 3 aliphatic rings. The number of nitrogens with zero attached hydrogens (tertiary/aromatic N) is 3. The molecule has 0 saturated carbocycles. The van der Waals surface area contributed by atoms with E-state index in [4.69, 9.17) is 4.74 Å². The van der Waals surface area contributed by atoms with Crippen molar-refractivity contribution in [3.63, 3.8) is 0 Å². The van der Waals surface area contributed by atoms with E-state index in [1.54, 1.807) is 0 Å². The van der Waals surface area contributed by atoms with Gasteiger partial charge in [-0.2, -0.15) is 0 Å². The first-order chi connectivity index (χ1) is 10.8. The van der Waals surface area contributed by atoms with E-state index in [0.717, 1.165) is 19.3 Å². The van der Waals surface area contributed by atoms with Crippen molar-refractivity contribution in [2.75, 3.05) is 59.5 Å². The van der Waals surface area contributed by atoms with Crippen LogP contribution in [0, 0.1) is 0 Å². The first-order valence-electron chi connectivity index (χ1n) is 9.33. The number of rotatable bonds is 7. The number of piperazine rings is 1. The summed E-state index contributed by atoms with van der Waals surface area (Å²) in [7, 11) is 2.22. The minimum Gasteiger partial charge on any atom is -0.380 e. The topological polar surface area (TPSA) is 31.0 Å². The molecule has 0 aromatic rings. The van der Waals surface area contributed by atoms with Crippen LogP contribution in [0.15, 0.2) is 0 Å². The van der Waals surface area contributed by atoms with Crippen molar-refractivity contribution in [3.05, 3.63) is 0 Å². The Labute approximate surface area is 135 Å². The lowest BCUT2D eigenvalue weighted by Gasteiger charge is -2.32. The molecule has 0 aliphatic carbocycles. The van der Waals surface area contributed by atoms with Gasteiger partial charge in [-0.1, -0.05) is 6.42 Å². The quantitative estimate of drug-likeness (QED) is 0.713. The minimum atomic E-state index is 0.556. The second-order valence-corrected chi connectivity index (χ2v) is 7.33. The lowest BCUT2D eigenvalue weighted by atomic mass is 10.0. The molecule has 3 aliphatic heterocycles. The van der Waals surface area contributed by atoms with Crippen molar-refractivity contribution in [1.29, 1.82) is 0 Å². The molecule has 0 bridgehead atoms. The highest BCUT2D eigenvalue weighted by Gasteiger charge is 2.32. The summed E-state index contributed by atoms with van der Waals surface area (Å²) < 4.78 is 5.91. The molecule has 0 aromatic carbocycles. The summed E-state index contributed by atoms with van der Waals surface area (Å²) in [5.41, 5.74) is 3.64. The van der Waals surface area contributed by atoms with Gasteiger partial charge >= 0.3 is 0 Å². The highest BCUT2D eigenvalue weighted by Crippen LogP contribution is 2.24. The van der Waals surface area contributed by atoms with Crippen LogP contribution in [0.5, 0.6) is 0 Å². The van der Waals surface area contributed by atoms with Gasteiger partial charge in [0.1, 0.15) is 0 Å². The predicted molar refractivity (Wildman–Crippen MR) is 89.9 cm³/mol. The molecule has 22 heavy (non-hydrogen) atoms. The van der Waals surface area contributed by atoms with Crippen LogP contribution in [0.25, 0.3) is 0 Å². The maximum atomic E-state index is 5.91. The van der Waals surface area contributed by atoms with Crippen LogP contribution in [-0.2, 0) is 4.74 Å². The summed E-state index contributed by atoms with van der Waals surface area (Å²) >= 11 is 0. The van der Waals surface area contributed by atoms with Gasteiger partial charge in [0, 0.05) is 51.4 Å². The number of hydrazine groups is 1. The first-order valence-corrected chi connectivity index (χ1v) is 9.33. The van der Waals surface area contributed by atoms with Crippen molar-refractivity contribution >= 4 is 0 Å². The summed E-state index contributed by atoms with van der Waals surface area (Å²) in [6.07, 6.45) is 7.88. The highest BCUT2D eigenvalue weighted by atomic mass is 16.5. The fourth-order valence-corrected chi connectivity index (χ4v) is 3.97. The molecule has 2 atom stereocenters. The summed E-state index contributed by atoms with van der Waals surface area (Å²) in [5.74, 6) is 0. The molecular weight excluding hydrogens is 276 g/mol. The third kappa shape index (κ3) is 4.90. The fourth-order valence-electron chi connectivity index (χ4n) is 3.97. The number of unbranched alkanes of at least 4 members (excludes halogenated alkanes) is 1.